The lowest BCUT2D eigenvalue weighted by Gasteiger charge is -2.30. The van der Waals surface area contributed by atoms with Crippen LogP contribution in [0.4, 0.5) is 0 Å². The summed E-state index contributed by atoms with van der Waals surface area (Å²) < 4.78 is 0. The van der Waals surface area contributed by atoms with Crippen molar-refractivity contribution in [3.05, 3.63) is 5.73 Å². The first-order valence-electron chi connectivity index (χ1n) is 8.60. The highest BCUT2D eigenvalue weighted by Crippen LogP contribution is 2.36. The zero-order valence-electron chi connectivity index (χ0n) is 14.2. The minimum Gasteiger partial charge on any atom is -0.677 e. The standard InChI is InChI=1S/C14H30N.C3H9N/c1-4-14(5-2,6-3)12-10-8-7-9-11-13-15;1-2-3-4/h15H,4-13H2,1-3H3;2-4H2,1H3/q-1;/p+1. The van der Waals surface area contributed by atoms with E-state index in [0.717, 1.165) is 13.0 Å². The smallest absolute Gasteiger partial charge is 0.0737 e. The maximum atomic E-state index is 7.07. The van der Waals surface area contributed by atoms with Crippen molar-refractivity contribution in [1.82, 2.24) is 0 Å². The fourth-order valence-electron chi connectivity index (χ4n) is 2.44. The first kappa shape index (κ1) is 21.2. The van der Waals surface area contributed by atoms with Crippen LogP contribution in [-0.2, 0) is 0 Å². The molecule has 0 unspecified atom stereocenters. The van der Waals surface area contributed by atoms with Crippen LogP contribution in [0.3, 0.4) is 0 Å². The highest BCUT2D eigenvalue weighted by molar-refractivity contribution is 4.74. The summed E-state index contributed by atoms with van der Waals surface area (Å²) in [5.41, 5.74) is 11.3. The minimum absolute atomic E-state index is 0.614. The molecule has 0 fully saturated rings. The topological polar surface area (TPSA) is 51.4 Å². The van der Waals surface area contributed by atoms with E-state index in [1.54, 1.807) is 0 Å². The maximum absolute atomic E-state index is 7.07. The van der Waals surface area contributed by atoms with Crippen LogP contribution in [0.2, 0.25) is 0 Å². The van der Waals surface area contributed by atoms with E-state index in [1.165, 1.54) is 57.8 Å². The molecule has 0 amide bonds. The summed E-state index contributed by atoms with van der Waals surface area (Å²) in [6.07, 6.45) is 13.1. The molecule has 0 spiro atoms. The van der Waals surface area contributed by atoms with Gasteiger partial charge in [-0.05, 0) is 18.3 Å². The predicted octanol–water partition coefficient (Wildman–Crippen LogP) is 5.23. The molecule has 0 aliphatic carbocycles. The van der Waals surface area contributed by atoms with Gasteiger partial charge in [-0.2, -0.15) is 6.54 Å². The summed E-state index contributed by atoms with van der Waals surface area (Å²) in [6.45, 7) is 10.8. The molecule has 0 saturated heterocycles. The van der Waals surface area contributed by atoms with E-state index in [4.69, 9.17) is 5.73 Å². The van der Waals surface area contributed by atoms with Crippen molar-refractivity contribution in [2.45, 2.75) is 91.9 Å². The number of hydrogen-bond donors (Lipinski definition) is 1. The molecule has 0 aliphatic heterocycles. The van der Waals surface area contributed by atoms with Gasteiger partial charge in [0, 0.05) is 0 Å². The number of quaternary nitrogens is 1. The molecular formula is C17H40N2. The van der Waals surface area contributed by atoms with Crippen molar-refractivity contribution in [1.29, 1.82) is 0 Å². The van der Waals surface area contributed by atoms with Crippen LogP contribution in [-0.4, -0.2) is 13.1 Å². The summed E-state index contributed by atoms with van der Waals surface area (Å²) in [7, 11) is 0. The van der Waals surface area contributed by atoms with Crippen molar-refractivity contribution in [3.8, 4) is 0 Å². The Morgan fingerprint density at radius 2 is 1.21 bits per heavy atom. The van der Waals surface area contributed by atoms with Gasteiger partial charge in [-0.3, -0.25) is 0 Å². The van der Waals surface area contributed by atoms with E-state index in [2.05, 4.69) is 33.4 Å². The van der Waals surface area contributed by atoms with Gasteiger partial charge in [0.25, 0.3) is 0 Å². The third kappa shape index (κ3) is 12.7. The molecule has 0 bridgehead atoms. The molecule has 0 aromatic carbocycles. The molecule has 118 valence electrons. The fraction of sp³-hybridized carbons (Fsp3) is 1.00. The highest BCUT2D eigenvalue weighted by atomic mass is 14.5. The van der Waals surface area contributed by atoms with Crippen molar-refractivity contribution < 1.29 is 5.73 Å². The van der Waals surface area contributed by atoms with E-state index in [0.29, 0.717) is 12.0 Å². The quantitative estimate of drug-likeness (QED) is 0.500. The summed E-state index contributed by atoms with van der Waals surface area (Å²) in [5, 5.41) is 0. The van der Waals surface area contributed by atoms with E-state index < -0.39 is 0 Å². The van der Waals surface area contributed by atoms with Gasteiger partial charge in [0.2, 0.25) is 0 Å². The Balaban J connectivity index is 0. The molecule has 0 aliphatic rings. The molecule has 4 N–H and O–H groups in total. The van der Waals surface area contributed by atoms with Gasteiger partial charge >= 0.3 is 0 Å². The van der Waals surface area contributed by atoms with Gasteiger partial charge < -0.3 is 11.5 Å². The summed E-state index contributed by atoms with van der Waals surface area (Å²) in [4.78, 5) is 0. The number of unbranched alkanes of at least 4 members (excludes halogenated alkanes) is 4. The van der Waals surface area contributed by atoms with Gasteiger partial charge in [-0.1, -0.05) is 79.1 Å². The van der Waals surface area contributed by atoms with Crippen LogP contribution in [0.25, 0.3) is 5.73 Å². The molecular weight excluding hydrogens is 232 g/mol. The second kappa shape index (κ2) is 16.0. The lowest BCUT2D eigenvalue weighted by atomic mass is 9.75. The second-order valence-electron chi connectivity index (χ2n) is 5.68. The van der Waals surface area contributed by atoms with Gasteiger partial charge in [-0.25, -0.2) is 0 Å². The largest absolute Gasteiger partial charge is 0.677 e. The third-order valence-electron chi connectivity index (χ3n) is 4.49. The first-order chi connectivity index (χ1) is 9.16. The van der Waals surface area contributed by atoms with Crippen molar-refractivity contribution in [2.75, 3.05) is 13.1 Å². The van der Waals surface area contributed by atoms with Crippen LogP contribution in [0.15, 0.2) is 0 Å². The molecule has 0 saturated carbocycles. The SMILES string of the molecule is CCC(CC)(CC)CCCCCCC[NH-].CCC[NH3+]. The van der Waals surface area contributed by atoms with E-state index in [-0.39, 0.29) is 0 Å². The van der Waals surface area contributed by atoms with E-state index in [1.807, 2.05) is 0 Å². The van der Waals surface area contributed by atoms with E-state index in [9.17, 15) is 0 Å². The molecule has 0 radical (unpaired) electrons. The zero-order valence-corrected chi connectivity index (χ0v) is 14.2. The van der Waals surface area contributed by atoms with Gasteiger partial charge in [0.05, 0.1) is 6.54 Å². The Kier molecular flexibility index (Phi) is 17.8. The maximum Gasteiger partial charge on any atom is 0.0737 e. The Bertz CT molecular complexity index is 143. The molecule has 0 atom stereocenters. The second-order valence-corrected chi connectivity index (χ2v) is 5.68. The predicted molar refractivity (Wildman–Crippen MR) is 88.2 cm³/mol. The van der Waals surface area contributed by atoms with Crippen molar-refractivity contribution in [3.63, 3.8) is 0 Å². The van der Waals surface area contributed by atoms with Gasteiger partial charge in [0.1, 0.15) is 0 Å². The fourth-order valence-corrected chi connectivity index (χ4v) is 2.44. The molecule has 19 heavy (non-hydrogen) atoms. The first-order valence-corrected chi connectivity index (χ1v) is 8.60. The number of rotatable bonds is 11. The van der Waals surface area contributed by atoms with Crippen LogP contribution >= 0.6 is 0 Å². The van der Waals surface area contributed by atoms with Crippen LogP contribution in [0.1, 0.15) is 91.9 Å². The average molecular weight is 273 g/mol. The third-order valence-corrected chi connectivity index (χ3v) is 4.49. The van der Waals surface area contributed by atoms with E-state index >= 15 is 0 Å². The number of nitrogens with one attached hydrogen (secondary N) is 1. The molecule has 2 heteroatoms. The summed E-state index contributed by atoms with van der Waals surface area (Å²) in [6, 6.07) is 0. The Labute approximate surface area is 122 Å². The Morgan fingerprint density at radius 1 is 0.789 bits per heavy atom. The van der Waals surface area contributed by atoms with Crippen LogP contribution in [0, 0.1) is 5.41 Å². The molecule has 2 nitrogen and oxygen atoms in total. The molecule has 0 aromatic heterocycles. The number of hydrogen-bond acceptors (Lipinski definition) is 0. The Morgan fingerprint density at radius 3 is 1.58 bits per heavy atom. The van der Waals surface area contributed by atoms with Crippen molar-refractivity contribution >= 4 is 0 Å². The average Bonchev–Trinajstić information content (AvgIpc) is 2.48. The Hall–Kier alpha value is -0.0800. The van der Waals surface area contributed by atoms with Crippen LogP contribution in [0.5, 0.6) is 0 Å². The molecule has 0 rings (SSSR count). The summed E-state index contributed by atoms with van der Waals surface area (Å²) >= 11 is 0. The monoisotopic (exact) mass is 272 g/mol. The highest BCUT2D eigenvalue weighted by Gasteiger charge is 2.22. The van der Waals surface area contributed by atoms with Gasteiger partial charge in [-0.15, -0.1) is 0 Å². The van der Waals surface area contributed by atoms with Crippen LogP contribution < -0.4 is 5.73 Å². The lowest BCUT2D eigenvalue weighted by Crippen LogP contribution is -2.49. The zero-order chi connectivity index (χ0) is 15.0. The lowest BCUT2D eigenvalue weighted by molar-refractivity contribution is -0.367. The normalized spacial score (nSPS) is 11.1. The summed E-state index contributed by atoms with van der Waals surface area (Å²) in [5.74, 6) is 0. The van der Waals surface area contributed by atoms with Gasteiger partial charge in [0.15, 0.2) is 0 Å². The molecule has 0 heterocycles. The van der Waals surface area contributed by atoms with Crippen molar-refractivity contribution in [2.24, 2.45) is 5.41 Å². The molecule has 0 aromatic rings. The minimum atomic E-state index is 0.614.